The Hall–Kier alpha value is -2.01. The van der Waals surface area contributed by atoms with Crippen LogP contribution in [-0.4, -0.2) is 20.8 Å². The molecule has 0 saturated carbocycles. The number of benzene rings is 2. The van der Waals surface area contributed by atoms with Crippen molar-refractivity contribution in [2.24, 2.45) is 0 Å². The average Bonchev–Trinajstić information content (AvgIpc) is 2.41. The van der Waals surface area contributed by atoms with Crippen molar-refractivity contribution in [1.82, 2.24) is 0 Å². The summed E-state index contributed by atoms with van der Waals surface area (Å²) < 4.78 is 29.7. The van der Waals surface area contributed by atoms with Gasteiger partial charge in [-0.3, -0.25) is 0 Å². The van der Waals surface area contributed by atoms with Gasteiger partial charge in [-0.2, -0.15) is 0 Å². The van der Waals surface area contributed by atoms with Gasteiger partial charge in [-0.25, -0.2) is 8.42 Å². The van der Waals surface area contributed by atoms with Crippen LogP contribution in [0.25, 0.3) is 0 Å². The van der Waals surface area contributed by atoms with Gasteiger partial charge >= 0.3 is 0 Å². The Labute approximate surface area is 119 Å². The van der Waals surface area contributed by atoms with E-state index in [2.05, 4.69) is 0 Å². The highest BCUT2D eigenvalue weighted by atomic mass is 32.2. The second-order valence-electron chi connectivity index (χ2n) is 4.55. The van der Waals surface area contributed by atoms with Crippen LogP contribution < -0.4 is 10.5 Å². The molecule has 0 fully saturated rings. The number of sulfone groups is 1. The number of aryl methyl sites for hydroxylation is 1. The molecule has 20 heavy (non-hydrogen) atoms. The fourth-order valence-corrected chi connectivity index (χ4v) is 2.95. The minimum Gasteiger partial charge on any atom is -0.493 e. The molecule has 2 aromatic carbocycles. The minimum absolute atomic E-state index is 0.0547. The molecule has 4 nitrogen and oxygen atoms in total. The second-order valence-corrected chi connectivity index (χ2v) is 6.66. The second kappa shape index (κ2) is 5.96. The molecular formula is C15H17NO3S. The Morgan fingerprint density at radius 2 is 1.80 bits per heavy atom. The predicted octanol–water partition coefficient (Wildman–Crippen LogP) is 2.43. The van der Waals surface area contributed by atoms with Crippen molar-refractivity contribution >= 4 is 15.5 Å². The number of hydrogen-bond donors (Lipinski definition) is 1. The van der Waals surface area contributed by atoms with Crippen molar-refractivity contribution in [1.29, 1.82) is 0 Å². The van der Waals surface area contributed by atoms with Crippen LogP contribution in [0.2, 0.25) is 0 Å². The number of ether oxygens (including phenoxy) is 1. The summed E-state index contributed by atoms with van der Waals surface area (Å²) in [4.78, 5) is 0.332. The van der Waals surface area contributed by atoms with E-state index in [9.17, 15) is 8.42 Å². The predicted molar refractivity (Wildman–Crippen MR) is 79.6 cm³/mol. The van der Waals surface area contributed by atoms with E-state index in [0.717, 1.165) is 5.56 Å². The molecule has 0 bridgehead atoms. The fourth-order valence-electron chi connectivity index (χ4n) is 1.76. The van der Waals surface area contributed by atoms with Crippen LogP contribution in [0.1, 0.15) is 5.56 Å². The van der Waals surface area contributed by atoms with Crippen molar-refractivity contribution in [3.63, 3.8) is 0 Å². The minimum atomic E-state index is -3.31. The van der Waals surface area contributed by atoms with Crippen LogP contribution in [0.5, 0.6) is 5.75 Å². The number of rotatable bonds is 5. The van der Waals surface area contributed by atoms with Crippen molar-refractivity contribution < 1.29 is 13.2 Å². The molecule has 0 atom stereocenters. The summed E-state index contributed by atoms with van der Waals surface area (Å²) in [5.74, 6) is 0.555. The van der Waals surface area contributed by atoms with Crippen molar-refractivity contribution in [2.45, 2.75) is 11.8 Å². The molecule has 0 saturated heterocycles. The van der Waals surface area contributed by atoms with Gasteiger partial charge in [0.15, 0.2) is 9.84 Å². The van der Waals surface area contributed by atoms with Crippen molar-refractivity contribution in [3.05, 3.63) is 54.1 Å². The maximum Gasteiger partial charge on any atom is 0.181 e. The first-order chi connectivity index (χ1) is 9.47. The first-order valence-corrected chi connectivity index (χ1v) is 7.90. The lowest BCUT2D eigenvalue weighted by atomic mass is 10.2. The van der Waals surface area contributed by atoms with Gasteiger partial charge in [0.2, 0.25) is 0 Å². The van der Waals surface area contributed by atoms with Gasteiger partial charge < -0.3 is 10.5 Å². The van der Waals surface area contributed by atoms with Crippen LogP contribution in [0, 0.1) is 6.92 Å². The molecule has 2 N–H and O–H groups in total. The van der Waals surface area contributed by atoms with E-state index < -0.39 is 9.84 Å². The zero-order chi connectivity index (χ0) is 14.6. The highest BCUT2D eigenvalue weighted by Crippen LogP contribution is 2.15. The third-order valence-electron chi connectivity index (χ3n) is 2.85. The van der Waals surface area contributed by atoms with E-state index in [1.165, 1.54) is 0 Å². The summed E-state index contributed by atoms with van der Waals surface area (Å²) in [6, 6.07) is 13.7. The van der Waals surface area contributed by atoms with Crippen molar-refractivity contribution in [3.8, 4) is 5.75 Å². The van der Waals surface area contributed by atoms with Gasteiger partial charge in [-0.05, 0) is 48.9 Å². The Bertz CT molecular complexity index is 679. The number of hydrogen-bond acceptors (Lipinski definition) is 4. The first-order valence-electron chi connectivity index (χ1n) is 6.25. The van der Waals surface area contributed by atoms with E-state index in [-0.39, 0.29) is 12.4 Å². The lowest BCUT2D eigenvalue weighted by Gasteiger charge is -2.08. The van der Waals surface area contributed by atoms with Gasteiger partial charge in [-0.15, -0.1) is 0 Å². The van der Waals surface area contributed by atoms with Crippen LogP contribution in [0.4, 0.5) is 5.69 Å². The Morgan fingerprint density at radius 3 is 2.45 bits per heavy atom. The molecule has 106 valence electrons. The summed E-state index contributed by atoms with van der Waals surface area (Å²) in [6.07, 6.45) is 0. The molecule has 5 heteroatoms. The molecule has 0 aromatic heterocycles. The quantitative estimate of drug-likeness (QED) is 0.859. The van der Waals surface area contributed by atoms with E-state index in [4.69, 9.17) is 10.5 Å². The summed E-state index contributed by atoms with van der Waals surface area (Å²) in [5.41, 5.74) is 7.13. The monoisotopic (exact) mass is 291 g/mol. The zero-order valence-corrected chi connectivity index (χ0v) is 12.1. The zero-order valence-electron chi connectivity index (χ0n) is 11.2. The molecule has 0 heterocycles. The molecule has 0 aliphatic heterocycles. The summed E-state index contributed by atoms with van der Waals surface area (Å²) in [7, 11) is -3.31. The van der Waals surface area contributed by atoms with Gasteiger partial charge in [0.25, 0.3) is 0 Å². The molecule has 2 rings (SSSR count). The van der Waals surface area contributed by atoms with Crippen LogP contribution in [0.3, 0.4) is 0 Å². The molecule has 0 unspecified atom stereocenters. The molecule has 0 radical (unpaired) electrons. The number of nitrogen functional groups attached to an aromatic ring is 1. The molecule has 2 aromatic rings. The van der Waals surface area contributed by atoms with Crippen LogP contribution in [-0.2, 0) is 9.84 Å². The fraction of sp³-hybridized carbons (Fsp3) is 0.200. The third-order valence-corrected chi connectivity index (χ3v) is 4.53. The molecule has 0 amide bonds. The lowest BCUT2D eigenvalue weighted by Crippen LogP contribution is -2.14. The van der Waals surface area contributed by atoms with Gasteiger partial charge in [0.1, 0.15) is 12.4 Å². The Morgan fingerprint density at radius 1 is 1.10 bits per heavy atom. The topological polar surface area (TPSA) is 69.4 Å². The van der Waals surface area contributed by atoms with Gasteiger partial charge in [0, 0.05) is 5.69 Å². The number of anilines is 1. The molecular weight excluding hydrogens is 274 g/mol. The van der Waals surface area contributed by atoms with E-state index in [0.29, 0.717) is 16.3 Å². The highest BCUT2D eigenvalue weighted by molar-refractivity contribution is 7.91. The number of nitrogens with two attached hydrogens (primary N) is 1. The summed E-state index contributed by atoms with van der Waals surface area (Å²) in [5, 5.41) is 0. The van der Waals surface area contributed by atoms with Gasteiger partial charge in [0.05, 0.1) is 10.6 Å². The SMILES string of the molecule is Cc1cccc(S(=O)(=O)CCOc2ccc(N)cc2)c1. The Kier molecular flexibility index (Phi) is 4.29. The summed E-state index contributed by atoms with van der Waals surface area (Å²) in [6.45, 7) is 1.98. The molecule has 0 aliphatic carbocycles. The van der Waals surface area contributed by atoms with Crippen molar-refractivity contribution in [2.75, 3.05) is 18.1 Å². The smallest absolute Gasteiger partial charge is 0.181 e. The van der Waals surface area contributed by atoms with Gasteiger partial charge in [-0.1, -0.05) is 12.1 Å². The Balaban J connectivity index is 1.98. The van der Waals surface area contributed by atoms with Crippen LogP contribution in [0.15, 0.2) is 53.4 Å². The third kappa shape index (κ3) is 3.74. The molecule has 0 aliphatic rings. The molecule has 0 spiro atoms. The normalized spacial score (nSPS) is 11.2. The largest absolute Gasteiger partial charge is 0.493 e. The average molecular weight is 291 g/mol. The lowest BCUT2D eigenvalue weighted by molar-refractivity contribution is 0.341. The standard InChI is InChI=1S/C15H17NO3S/c1-12-3-2-4-15(11-12)20(17,18)10-9-19-14-7-5-13(16)6-8-14/h2-8,11H,9-10,16H2,1H3. The maximum absolute atomic E-state index is 12.1. The van der Waals surface area contributed by atoms with Crippen LogP contribution >= 0.6 is 0 Å². The van der Waals surface area contributed by atoms with E-state index in [1.54, 1.807) is 42.5 Å². The van der Waals surface area contributed by atoms with E-state index in [1.807, 2.05) is 13.0 Å². The summed E-state index contributed by atoms with van der Waals surface area (Å²) >= 11 is 0. The van der Waals surface area contributed by atoms with E-state index >= 15 is 0 Å². The maximum atomic E-state index is 12.1. The first kappa shape index (κ1) is 14.4. The highest BCUT2D eigenvalue weighted by Gasteiger charge is 2.14.